The van der Waals surface area contributed by atoms with Gasteiger partial charge in [-0.05, 0) is 31.6 Å². The molecule has 0 bridgehead atoms. The Morgan fingerprint density at radius 3 is 2.00 bits per heavy atom. The highest BCUT2D eigenvalue weighted by molar-refractivity contribution is 5.94. The molecular formula is C20H39N7O5. The van der Waals surface area contributed by atoms with E-state index in [1.165, 1.54) is 6.92 Å². The minimum Gasteiger partial charge on any atom is -0.480 e. The quantitative estimate of drug-likeness (QED) is 0.0935. The van der Waals surface area contributed by atoms with Crippen molar-refractivity contribution in [2.45, 2.75) is 78.0 Å². The average molecular weight is 458 g/mol. The third-order valence-corrected chi connectivity index (χ3v) is 5.12. The number of hydrogen-bond donors (Lipinski definition) is 7. The molecule has 0 aliphatic rings. The fourth-order valence-electron chi connectivity index (χ4n) is 2.66. The van der Waals surface area contributed by atoms with Gasteiger partial charge in [0.25, 0.3) is 0 Å². The number of nitrogens with one attached hydrogen (secondary N) is 3. The predicted molar refractivity (Wildman–Crippen MR) is 121 cm³/mol. The first-order valence-corrected chi connectivity index (χ1v) is 10.8. The third kappa shape index (κ3) is 10.4. The number of aliphatic imine (C=N–C) groups is 1. The van der Waals surface area contributed by atoms with Gasteiger partial charge in [0.15, 0.2) is 5.96 Å². The van der Waals surface area contributed by atoms with E-state index in [9.17, 15) is 19.2 Å². The molecule has 0 aromatic carbocycles. The van der Waals surface area contributed by atoms with Crippen molar-refractivity contribution in [2.24, 2.45) is 34.0 Å². The van der Waals surface area contributed by atoms with Crippen LogP contribution in [0.1, 0.15) is 53.9 Å². The van der Waals surface area contributed by atoms with E-state index in [1.807, 2.05) is 6.92 Å². The number of carboxylic acids is 1. The van der Waals surface area contributed by atoms with Crippen molar-refractivity contribution < 1.29 is 24.3 Å². The summed E-state index contributed by atoms with van der Waals surface area (Å²) in [5.41, 5.74) is 16.5. The highest BCUT2D eigenvalue weighted by Crippen LogP contribution is 2.10. The highest BCUT2D eigenvalue weighted by atomic mass is 16.4. The molecule has 0 aliphatic heterocycles. The smallest absolute Gasteiger partial charge is 0.325 e. The Balaban J connectivity index is 5.50. The fraction of sp³-hybridized carbons (Fsp3) is 0.750. The van der Waals surface area contributed by atoms with Crippen LogP contribution in [0.25, 0.3) is 0 Å². The van der Waals surface area contributed by atoms with Crippen molar-refractivity contribution in [3.63, 3.8) is 0 Å². The second kappa shape index (κ2) is 14.2. The summed E-state index contributed by atoms with van der Waals surface area (Å²) in [4.78, 5) is 53.0. The molecule has 10 N–H and O–H groups in total. The van der Waals surface area contributed by atoms with E-state index < -0.39 is 47.9 Å². The van der Waals surface area contributed by atoms with E-state index in [4.69, 9.17) is 22.3 Å². The number of carbonyl (C=O) groups excluding carboxylic acids is 3. The second-order valence-corrected chi connectivity index (χ2v) is 8.22. The third-order valence-electron chi connectivity index (χ3n) is 5.12. The summed E-state index contributed by atoms with van der Waals surface area (Å²) in [5, 5.41) is 16.7. The molecule has 0 fully saturated rings. The van der Waals surface area contributed by atoms with E-state index >= 15 is 0 Å². The number of nitrogens with two attached hydrogens (primary N) is 3. The number of amides is 3. The lowest BCUT2D eigenvalue weighted by atomic mass is 9.97. The fourth-order valence-corrected chi connectivity index (χ4v) is 2.66. The van der Waals surface area contributed by atoms with E-state index in [2.05, 4.69) is 20.9 Å². The van der Waals surface area contributed by atoms with Gasteiger partial charge >= 0.3 is 5.97 Å². The van der Waals surface area contributed by atoms with Gasteiger partial charge in [-0.1, -0.05) is 34.1 Å². The number of hydrogen-bond acceptors (Lipinski definition) is 6. The van der Waals surface area contributed by atoms with Gasteiger partial charge in [0.05, 0.1) is 6.04 Å². The number of nitrogens with zero attached hydrogens (tertiary/aromatic N) is 1. The number of aliphatic carboxylic acids is 1. The maximum Gasteiger partial charge on any atom is 0.325 e. The molecule has 0 heterocycles. The lowest BCUT2D eigenvalue weighted by molar-refractivity contribution is -0.142. The molecule has 0 aliphatic carbocycles. The molecule has 0 spiro atoms. The zero-order valence-corrected chi connectivity index (χ0v) is 19.6. The molecule has 0 aromatic rings. The minimum atomic E-state index is -1.19. The van der Waals surface area contributed by atoms with Crippen molar-refractivity contribution in [3.8, 4) is 0 Å². The molecule has 0 saturated carbocycles. The van der Waals surface area contributed by atoms with Crippen LogP contribution >= 0.6 is 0 Å². The van der Waals surface area contributed by atoms with Crippen LogP contribution in [-0.4, -0.2) is 65.5 Å². The predicted octanol–water partition coefficient (Wildman–Crippen LogP) is -1.37. The highest BCUT2D eigenvalue weighted by Gasteiger charge is 2.32. The Hall–Kier alpha value is -2.89. The molecule has 12 heteroatoms. The monoisotopic (exact) mass is 457 g/mol. The molecule has 5 atom stereocenters. The van der Waals surface area contributed by atoms with Gasteiger partial charge in [-0.2, -0.15) is 0 Å². The number of carboxylic acid groups (broad SMARTS) is 1. The summed E-state index contributed by atoms with van der Waals surface area (Å²) in [6, 6.07) is -3.89. The lowest BCUT2D eigenvalue weighted by Gasteiger charge is -2.28. The van der Waals surface area contributed by atoms with E-state index in [0.29, 0.717) is 12.8 Å². The van der Waals surface area contributed by atoms with E-state index in [0.717, 1.165) is 0 Å². The maximum absolute atomic E-state index is 13.0. The summed E-state index contributed by atoms with van der Waals surface area (Å²) in [5.74, 6) is -3.40. The van der Waals surface area contributed by atoms with Crippen LogP contribution in [0.4, 0.5) is 0 Å². The van der Waals surface area contributed by atoms with Crippen LogP contribution in [-0.2, 0) is 19.2 Å². The van der Waals surface area contributed by atoms with Crippen molar-refractivity contribution in [2.75, 3.05) is 6.54 Å². The molecule has 0 radical (unpaired) electrons. The van der Waals surface area contributed by atoms with Crippen molar-refractivity contribution in [1.29, 1.82) is 0 Å². The standard InChI is InChI=1S/C20H39N7O5/c1-6-11(4)15(18(30)25-12(5)19(31)32)27-16(28)13(8-7-9-24-20(22)23)26-17(29)14(21)10(2)3/h10-15H,6-9,21H2,1-5H3,(H,25,30)(H,26,29)(H,27,28)(H,31,32)(H4,22,23,24). The van der Waals surface area contributed by atoms with Gasteiger partial charge in [-0.15, -0.1) is 0 Å². The Bertz CT molecular complexity index is 679. The summed E-state index contributed by atoms with van der Waals surface area (Å²) < 4.78 is 0. The molecule has 0 aromatic heterocycles. The van der Waals surface area contributed by atoms with Gasteiger partial charge in [0.1, 0.15) is 18.1 Å². The molecule has 5 unspecified atom stereocenters. The van der Waals surface area contributed by atoms with E-state index in [1.54, 1.807) is 20.8 Å². The minimum absolute atomic E-state index is 0.0853. The first-order chi connectivity index (χ1) is 14.8. The van der Waals surface area contributed by atoms with Crippen LogP contribution in [0.3, 0.4) is 0 Å². The van der Waals surface area contributed by atoms with Gasteiger partial charge in [0, 0.05) is 6.54 Å². The second-order valence-electron chi connectivity index (χ2n) is 8.22. The van der Waals surface area contributed by atoms with Gasteiger partial charge < -0.3 is 38.3 Å². The Morgan fingerprint density at radius 1 is 0.938 bits per heavy atom. The van der Waals surface area contributed by atoms with Gasteiger partial charge in [-0.25, -0.2) is 0 Å². The SMILES string of the molecule is CCC(C)C(NC(=O)C(CCCN=C(N)N)NC(=O)C(N)C(C)C)C(=O)NC(C)C(=O)O. The number of guanidine groups is 1. The summed E-state index contributed by atoms with van der Waals surface area (Å²) >= 11 is 0. The summed E-state index contributed by atoms with van der Waals surface area (Å²) in [7, 11) is 0. The molecular weight excluding hydrogens is 418 g/mol. The van der Waals surface area contributed by atoms with Crippen molar-refractivity contribution in [1.82, 2.24) is 16.0 Å². The van der Waals surface area contributed by atoms with Crippen LogP contribution in [0.2, 0.25) is 0 Å². The zero-order valence-electron chi connectivity index (χ0n) is 19.6. The Kier molecular flexibility index (Phi) is 12.9. The first-order valence-electron chi connectivity index (χ1n) is 10.8. The van der Waals surface area contributed by atoms with Gasteiger partial charge in [-0.3, -0.25) is 24.2 Å². The topological polar surface area (TPSA) is 215 Å². The molecule has 0 saturated heterocycles. The van der Waals surface area contributed by atoms with Crippen molar-refractivity contribution >= 4 is 29.7 Å². The lowest BCUT2D eigenvalue weighted by Crippen LogP contribution is -2.58. The number of carbonyl (C=O) groups is 4. The van der Waals surface area contributed by atoms with Crippen LogP contribution < -0.4 is 33.2 Å². The average Bonchev–Trinajstić information content (AvgIpc) is 2.71. The number of rotatable bonds is 14. The van der Waals surface area contributed by atoms with Crippen LogP contribution in [0.5, 0.6) is 0 Å². The Labute approximate surface area is 189 Å². The van der Waals surface area contributed by atoms with Crippen LogP contribution in [0.15, 0.2) is 4.99 Å². The van der Waals surface area contributed by atoms with E-state index in [-0.39, 0.29) is 30.8 Å². The molecule has 12 nitrogen and oxygen atoms in total. The molecule has 32 heavy (non-hydrogen) atoms. The summed E-state index contributed by atoms with van der Waals surface area (Å²) in [6.07, 6.45) is 1.16. The largest absolute Gasteiger partial charge is 0.480 e. The van der Waals surface area contributed by atoms with Crippen molar-refractivity contribution in [3.05, 3.63) is 0 Å². The van der Waals surface area contributed by atoms with Crippen LogP contribution in [0, 0.1) is 11.8 Å². The normalized spacial score (nSPS) is 15.6. The molecule has 3 amide bonds. The maximum atomic E-state index is 13.0. The Morgan fingerprint density at radius 2 is 1.53 bits per heavy atom. The molecule has 0 rings (SSSR count). The zero-order chi connectivity index (χ0) is 25.0. The molecule has 184 valence electrons. The first kappa shape index (κ1) is 29.1. The van der Waals surface area contributed by atoms with Gasteiger partial charge in [0.2, 0.25) is 17.7 Å². The summed E-state index contributed by atoms with van der Waals surface area (Å²) in [6.45, 7) is 8.75.